The van der Waals surface area contributed by atoms with Crippen molar-refractivity contribution >= 4 is 11.8 Å². The van der Waals surface area contributed by atoms with Crippen molar-refractivity contribution in [1.82, 2.24) is 25.0 Å². The van der Waals surface area contributed by atoms with E-state index in [0.717, 1.165) is 22.1 Å². The Morgan fingerprint density at radius 1 is 1.44 bits per heavy atom. The molecule has 0 radical (unpaired) electrons. The SMILES string of the molecule is Cc1nc(Sc2c(CN)c(C)nn2C)n[nH]1. The van der Waals surface area contributed by atoms with E-state index in [1.807, 2.05) is 25.6 Å². The van der Waals surface area contributed by atoms with Crippen LogP contribution in [0.5, 0.6) is 0 Å². The van der Waals surface area contributed by atoms with E-state index in [1.165, 1.54) is 11.8 Å². The van der Waals surface area contributed by atoms with Crippen molar-refractivity contribution in [2.75, 3.05) is 0 Å². The molecule has 0 aromatic carbocycles. The fourth-order valence-corrected chi connectivity index (χ4v) is 2.47. The standard InChI is InChI=1S/C9H14N6S/c1-5-7(4-10)8(15(3)14-5)16-9-11-6(2)12-13-9/h4,10H2,1-3H3,(H,11,12,13). The molecule has 86 valence electrons. The van der Waals surface area contributed by atoms with Gasteiger partial charge in [-0.1, -0.05) is 0 Å². The van der Waals surface area contributed by atoms with Crippen LogP contribution < -0.4 is 5.73 Å². The summed E-state index contributed by atoms with van der Waals surface area (Å²) in [4.78, 5) is 4.25. The van der Waals surface area contributed by atoms with E-state index < -0.39 is 0 Å². The van der Waals surface area contributed by atoms with Gasteiger partial charge in [-0.2, -0.15) is 5.10 Å². The maximum Gasteiger partial charge on any atom is 0.214 e. The van der Waals surface area contributed by atoms with E-state index in [-0.39, 0.29) is 0 Å². The lowest BCUT2D eigenvalue weighted by atomic mass is 10.3. The van der Waals surface area contributed by atoms with Crippen molar-refractivity contribution in [2.45, 2.75) is 30.6 Å². The Morgan fingerprint density at radius 2 is 2.19 bits per heavy atom. The second-order valence-corrected chi connectivity index (χ2v) is 4.46. The predicted octanol–water partition coefficient (Wildman–Crippen LogP) is 0.765. The van der Waals surface area contributed by atoms with E-state index in [9.17, 15) is 0 Å². The van der Waals surface area contributed by atoms with Crippen molar-refractivity contribution in [2.24, 2.45) is 12.8 Å². The molecule has 0 unspecified atom stereocenters. The second-order valence-electron chi connectivity index (χ2n) is 3.50. The van der Waals surface area contributed by atoms with Crippen molar-refractivity contribution in [1.29, 1.82) is 0 Å². The first-order chi connectivity index (χ1) is 7.61. The second kappa shape index (κ2) is 4.26. The van der Waals surface area contributed by atoms with E-state index in [1.54, 1.807) is 0 Å². The minimum atomic E-state index is 0.478. The molecule has 16 heavy (non-hydrogen) atoms. The molecule has 2 heterocycles. The molecular weight excluding hydrogens is 224 g/mol. The molecule has 0 spiro atoms. The van der Waals surface area contributed by atoms with Gasteiger partial charge in [0.15, 0.2) is 0 Å². The third-order valence-electron chi connectivity index (χ3n) is 2.26. The smallest absolute Gasteiger partial charge is 0.214 e. The molecule has 2 aromatic rings. The van der Waals surface area contributed by atoms with Crippen LogP contribution in [0.1, 0.15) is 17.1 Å². The third-order valence-corrected chi connectivity index (χ3v) is 3.33. The summed E-state index contributed by atoms with van der Waals surface area (Å²) in [5, 5.41) is 12.9. The Bertz CT molecular complexity index is 500. The van der Waals surface area contributed by atoms with Crippen molar-refractivity contribution < 1.29 is 0 Å². The van der Waals surface area contributed by atoms with Crippen LogP contribution in [0.4, 0.5) is 0 Å². The summed E-state index contributed by atoms with van der Waals surface area (Å²) in [6, 6.07) is 0. The molecule has 2 rings (SSSR count). The summed E-state index contributed by atoms with van der Waals surface area (Å²) in [5.41, 5.74) is 7.72. The lowest BCUT2D eigenvalue weighted by Crippen LogP contribution is -2.00. The Balaban J connectivity index is 2.33. The van der Waals surface area contributed by atoms with Gasteiger partial charge in [0, 0.05) is 19.2 Å². The number of hydrogen-bond donors (Lipinski definition) is 2. The van der Waals surface area contributed by atoms with E-state index in [0.29, 0.717) is 11.7 Å². The summed E-state index contributed by atoms with van der Waals surface area (Å²) >= 11 is 1.47. The molecule has 0 amide bonds. The molecule has 0 aliphatic rings. The number of aromatic amines is 1. The van der Waals surface area contributed by atoms with E-state index in [2.05, 4.69) is 20.3 Å². The summed E-state index contributed by atoms with van der Waals surface area (Å²) in [6.45, 7) is 4.30. The normalized spacial score (nSPS) is 11.0. The molecule has 7 heteroatoms. The number of hydrogen-bond acceptors (Lipinski definition) is 5. The lowest BCUT2D eigenvalue weighted by molar-refractivity contribution is 0.687. The molecule has 0 fully saturated rings. The molecule has 0 aliphatic heterocycles. The van der Waals surface area contributed by atoms with Crippen molar-refractivity contribution in [3.8, 4) is 0 Å². The van der Waals surface area contributed by atoms with Crippen LogP contribution in [0.3, 0.4) is 0 Å². The maximum atomic E-state index is 5.71. The van der Waals surface area contributed by atoms with Gasteiger partial charge in [0.25, 0.3) is 0 Å². The van der Waals surface area contributed by atoms with Crippen LogP contribution >= 0.6 is 11.8 Å². The average Bonchev–Trinajstić information content (AvgIpc) is 2.73. The van der Waals surface area contributed by atoms with Gasteiger partial charge in [-0.3, -0.25) is 9.78 Å². The Morgan fingerprint density at radius 3 is 2.75 bits per heavy atom. The zero-order valence-corrected chi connectivity index (χ0v) is 10.3. The van der Waals surface area contributed by atoms with Gasteiger partial charge in [0.1, 0.15) is 10.9 Å². The van der Waals surface area contributed by atoms with Crippen LogP contribution in [0.2, 0.25) is 0 Å². The molecule has 0 aliphatic carbocycles. The molecule has 0 atom stereocenters. The summed E-state index contributed by atoms with van der Waals surface area (Å²) in [5.74, 6) is 0.802. The summed E-state index contributed by atoms with van der Waals surface area (Å²) in [7, 11) is 1.90. The monoisotopic (exact) mass is 238 g/mol. The minimum Gasteiger partial charge on any atom is -0.326 e. The fourth-order valence-electron chi connectivity index (χ4n) is 1.50. The number of aromatic nitrogens is 5. The van der Waals surface area contributed by atoms with Crippen molar-refractivity contribution in [3.63, 3.8) is 0 Å². The summed E-state index contributed by atoms with van der Waals surface area (Å²) < 4.78 is 1.81. The number of rotatable bonds is 3. The quantitative estimate of drug-likeness (QED) is 0.824. The molecule has 0 saturated heterocycles. The van der Waals surface area contributed by atoms with Crippen LogP contribution in [0.25, 0.3) is 0 Å². The van der Waals surface area contributed by atoms with Gasteiger partial charge >= 0.3 is 0 Å². The highest BCUT2D eigenvalue weighted by Gasteiger charge is 2.14. The Labute approximate surface area is 97.6 Å². The van der Waals surface area contributed by atoms with Crippen LogP contribution in [0.15, 0.2) is 10.2 Å². The minimum absolute atomic E-state index is 0.478. The van der Waals surface area contributed by atoms with Gasteiger partial charge in [-0.15, -0.1) is 5.10 Å². The molecule has 3 N–H and O–H groups in total. The molecular formula is C9H14N6S. The highest BCUT2D eigenvalue weighted by atomic mass is 32.2. The number of nitrogens with one attached hydrogen (secondary N) is 1. The zero-order valence-electron chi connectivity index (χ0n) is 9.48. The Hall–Kier alpha value is -1.34. The Kier molecular flexibility index (Phi) is 2.97. The fraction of sp³-hybridized carbons (Fsp3) is 0.444. The van der Waals surface area contributed by atoms with Crippen molar-refractivity contribution in [3.05, 3.63) is 17.1 Å². The van der Waals surface area contributed by atoms with Gasteiger partial charge < -0.3 is 5.73 Å². The zero-order chi connectivity index (χ0) is 11.7. The highest BCUT2D eigenvalue weighted by molar-refractivity contribution is 7.99. The number of aryl methyl sites for hydroxylation is 3. The third kappa shape index (κ3) is 1.96. The van der Waals surface area contributed by atoms with Gasteiger partial charge in [0.05, 0.1) is 5.69 Å². The molecule has 2 aromatic heterocycles. The van der Waals surface area contributed by atoms with E-state index >= 15 is 0 Å². The van der Waals surface area contributed by atoms with Crippen LogP contribution in [-0.2, 0) is 13.6 Å². The first kappa shape index (κ1) is 11.2. The largest absolute Gasteiger partial charge is 0.326 e. The number of H-pyrrole nitrogens is 1. The number of nitrogens with two attached hydrogens (primary N) is 1. The van der Waals surface area contributed by atoms with Gasteiger partial charge in [0.2, 0.25) is 5.16 Å². The number of nitrogens with zero attached hydrogens (tertiary/aromatic N) is 4. The highest BCUT2D eigenvalue weighted by Crippen LogP contribution is 2.28. The van der Waals surface area contributed by atoms with Gasteiger partial charge in [-0.05, 0) is 25.6 Å². The molecule has 0 saturated carbocycles. The topological polar surface area (TPSA) is 85.4 Å². The first-order valence-corrected chi connectivity index (χ1v) is 5.73. The van der Waals surface area contributed by atoms with Crippen LogP contribution in [0, 0.1) is 13.8 Å². The van der Waals surface area contributed by atoms with E-state index in [4.69, 9.17) is 5.73 Å². The lowest BCUT2D eigenvalue weighted by Gasteiger charge is -2.00. The first-order valence-electron chi connectivity index (χ1n) is 4.91. The summed E-state index contributed by atoms with van der Waals surface area (Å²) in [6.07, 6.45) is 0. The molecule has 6 nitrogen and oxygen atoms in total. The van der Waals surface area contributed by atoms with Crippen LogP contribution in [-0.4, -0.2) is 25.0 Å². The molecule has 0 bridgehead atoms. The average molecular weight is 238 g/mol. The van der Waals surface area contributed by atoms with Gasteiger partial charge in [-0.25, -0.2) is 4.98 Å². The maximum absolute atomic E-state index is 5.71. The predicted molar refractivity (Wildman–Crippen MR) is 61.1 cm³/mol.